The quantitative estimate of drug-likeness (QED) is 0.844. The molecule has 0 saturated heterocycles. The maximum absolute atomic E-state index is 9.35. The number of benzene rings is 1. The third-order valence-electron chi connectivity index (χ3n) is 2.38. The van der Waals surface area contributed by atoms with Gasteiger partial charge in [0.2, 0.25) is 0 Å². The van der Waals surface area contributed by atoms with Gasteiger partial charge < -0.3 is 15.2 Å². The predicted molar refractivity (Wildman–Crippen MR) is 65.2 cm³/mol. The number of phenolic OH excluding ortho intramolecular Hbond substituents is 1. The van der Waals surface area contributed by atoms with E-state index in [2.05, 4.69) is 10.4 Å². The number of aromatic nitrogens is 2. The molecule has 1 heterocycles. The molecule has 0 atom stereocenters. The van der Waals surface area contributed by atoms with Crippen molar-refractivity contribution >= 4 is 5.69 Å². The minimum Gasteiger partial charge on any atom is -0.508 e. The zero-order chi connectivity index (χ0) is 12.3. The van der Waals surface area contributed by atoms with Gasteiger partial charge in [-0.1, -0.05) is 12.1 Å². The topological polar surface area (TPSA) is 59.3 Å². The maximum atomic E-state index is 9.35. The molecule has 2 N–H and O–H groups in total. The van der Waals surface area contributed by atoms with E-state index in [9.17, 15) is 5.11 Å². The Kier molecular flexibility index (Phi) is 3.18. The van der Waals surface area contributed by atoms with Gasteiger partial charge in [-0.3, -0.25) is 4.68 Å². The molecular formula is C12H15N3O2. The number of ether oxygens (including phenoxy) is 1. The van der Waals surface area contributed by atoms with E-state index in [4.69, 9.17) is 4.74 Å². The molecule has 0 bridgehead atoms. The first-order valence-electron chi connectivity index (χ1n) is 5.28. The van der Waals surface area contributed by atoms with E-state index in [0.717, 1.165) is 11.3 Å². The number of hydrogen-bond donors (Lipinski definition) is 2. The molecule has 1 aromatic heterocycles. The molecule has 0 aliphatic rings. The molecule has 5 heteroatoms. The number of phenols is 1. The fraction of sp³-hybridized carbons (Fsp3) is 0.250. The second-order valence-electron chi connectivity index (χ2n) is 3.75. The van der Waals surface area contributed by atoms with Gasteiger partial charge in [0.25, 0.3) is 5.88 Å². The number of rotatable bonds is 4. The van der Waals surface area contributed by atoms with Crippen molar-refractivity contribution in [3.63, 3.8) is 0 Å². The van der Waals surface area contributed by atoms with Gasteiger partial charge in [-0.15, -0.1) is 5.10 Å². The van der Waals surface area contributed by atoms with Crippen molar-refractivity contribution < 1.29 is 9.84 Å². The van der Waals surface area contributed by atoms with Crippen molar-refractivity contribution in [1.29, 1.82) is 0 Å². The number of aromatic hydroxyl groups is 1. The van der Waals surface area contributed by atoms with Gasteiger partial charge in [0, 0.05) is 13.6 Å². The lowest BCUT2D eigenvalue weighted by Gasteiger charge is -2.05. The van der Waals surface area contributed by atoms with E-state index in [0.29, 0.717) is 12.4 Å². The van der Waals surface area contributed by atoms with Gasteiger partial charge in [-0.25, -0.2) is 0 Å². The summed E-state index contributed by atoms with van der Waals surface area (Å²) in [5, 5.41) is 16.7. The molecule has 1 aromatic carbocycles. The first-order valence-corrected chi connectivity index (χ1v) is 5.28. The molecule has 0 spiro atoms. The molecule has 0 unspecified atom stereocenters. The van der Waals surface area contributed by atoms with E-state index < -0.39 is 0 Å². The molecule has 2 aromatic rings. The van der Waals surface area contributed by atoms with Crippen molar-refractivity contribution in [3.8, 4) is 11.6 Å². The van der Waals surface area contributed by atoms with Crippen molar-refractivity contribution in [3.05, 3.63) is 36.0 Å². The Morgan fingerprint density at radius 2 is 2.29 bits per heavy atom. The SMILES string of the molecule is COc1nn(C)cc1NCc1cccc(O)c1. The van der Waals surface area contributed by atoms with E-state index in [1.165, 1.54) is 0 Å². The van der Waals surface area contributed by atoms with Crippen LogP contribution in [0.2, 0.25) is 0 Å². The van der Waals surface area contributed by atoms with E-state index in [1.54, 1.807) is 23.9 Å². The number of anilines is 1. The van der Waals surface area contributed by atoms with Gasteiger partial charge >= 0.3 is 0 Å². The first-order chi connectivity index (χ1) is 8.19. The number of nitrogens with zero attached hydrogens (tertiary/aromatic N) is 2. The summed E-state index contributed by atoms with van der Waals surface area (Å²) in [6, 6.07) is 7.12. The van der Waals surface area contributed by atoms with Crippen LogP contribution < -0.4 is 10.1 Å². The van der Waals surface area contributed by atoms with Crippen molar-refractivity contribution in [2.24, 2.45) is 7.05 Å². The Balaban J connectivity index is 2.06. The van der Waals surface area contributed by atoms with Crippen LogP contribution >= 0.6 is 0 Å². The fourth-order valence-corrected chi connectivity index (χ4v) is 1.60. The van der Waals surface area contributed by atoms with Crippen LogP contribution in [0.25, 0.3) is 0 Å². The maximum Gasteiger partial charge on any atom is 0.256 e. The number of methoxy groups -OCH3 is 1. The Morgan fingerprint density at radius 1 is 1.47 bits per heavy atom. The highest BCUT2D eigenvalue weighted by Crippen LogP contribution is 2.22. The summed E-state index contributed by atoms with van der Waals surface area (Å²) in [6.45, 7) is 0.608. The molecule has 90 valence electrons. The Morgan fingerprint density at radius 3 is 3.00 bits per heavy atom. The van der Waals surface area contributed by atoms with Gasteiger partial charge in [0.15, 0.2) is 0 Å². The van der Waals surface area contributed by atoms with Crippen LogP contribution in [0.4, 0.5) is 5.69 Å². The summed E-state index contributed by atoms with van der Waals surface area (Å²) in [7, 11) is 3.42. The van der Waals surface area contributed by atoms with E-state index in [-0.39, 0.29) is 5.75 Å². The molecule has 0 amide bonds. The summed E-state index contributed by atoms with van der Waals surface area (Å²) in [6.07, 6.45) is 1.85. The monoisotopic (exact) mass is 233 g/mol. The predicted octanol–water partition coefficient (Wildman–Crippen LogP) is 1.75. The average molecular weight is 233 g/mol. The lowest BCUT2D eigenvalue weighted by molar-refractivity contribution is 0.393. The Bertz CT molecular complexity index is 508. The summed E-state index contributed by atoms with van der Waals surface area (Å²) < 4.78 is 6.82. The van der Waals surface area contributed by atoms with Gasteiger partial charge in [0.1, 0.15) is 11.4 Å². The highest BCUT2D eigenvalue weighted by Gasteiger charge is 2.06. The second kappa shape index (κ2) is 4.78. The van der Waals surface area contributed by atoms with Gasteiger partial charge in [-0.2, -0.15) is 0 Å². The van der Waals surface area contributed by atoms with E-state index in [1.807, 2.05) is 25.4 Å². The third-order valence-corrected chi connectivity index (χ3v) is 2.38. The fourth-order valence-electron chi connectivity index (χ4n) is 1.60. The van der Waals surface area contributed by atoms with E-state index >= 15 is 0 Å². The molecule has 5 nitrogen and oxygen atoms in total. The lowest BCUT2D eigenvalue weighted by Crippen LogP contribution is -1.99. The van der Waals surface area contributed by atoms with Gasteiger partial charge in [-0.05, 0) is 17.7 Å². The summed E-state index contributed by atoms with van der Waals surface area (Å²) in [5.41, 5.74) is 1.83. The molecule has 0 aliphatic heterocycles. The Labute approximate surface area is 99.6 Å². The van der Waals surface area contributed by atoms with Crippen LogP contribution in [0.1, 0.15) is 5.56 Å². The van der Waals surface area contributed by atoms with Crippen LogP contribution in [-0.2, 0) is 13.6 Å². The van der Waals surface area contributed by atoms with Crippen molar-refractivity contribution in [2.75, 3.05) is 12.4 Å². The minimum absolute atomic E-state index is 0.266. The van der Waals surface area contributed by atoms with Crippen molar-refractivity contribution in [1.82, 2.24) is 9.78 Å². The highest BCUT2D eigenvalue weighted by molar-refractivity contribution is 5.51. The second-order valence-corrected chi connectivity index (χ2v) is 3.75. The van der Waals surface area contributed by atoms with Crippen LogP contribution in [0.3, 0.4) is 0 Å². The van der Waals surface area contributed by atoms with Crippen LogP contribution in [0, 0.1) is 0 Å². The number of nitrogens with one attached hydrogen (secondary N) is 1. The molecule has 17 heavy (non-hydrogen) atoms. The molecule has 0 radical (unpaired) electrons. The largest absolute Gasteiger partial charge is 0.508 e. The normalized spacial score (nSPS) is 10.2. The third kappa shape index (κ3) is 2.69. The first kappa shape index (κ1) is 11.3. The van der Waals surface area contributed by atoms with Gasteiger partial charge in [0.05, 0.1) is 13.3 Å². The minimum atomic E-state index is 0.266. The summed E-state index contributed by atoms with van der Waals surface area (Å²) in [4.78, 5) is 0. The van der Waals surface area contributed by atoms with Crippen LogP contribution in [0.5, 0.6) is 11.6 Å². The summed E-state index contributed by atoms with van der Waals surface area (Å²) in [5.74, 6) is 0.829. The number of aryl methyl sites for hydroxylation is 1. The molecule has 0 saturated carbocycles. The highest BCUT2D eigenvalue weighted by atomic mass is 16.5. The van der Waals surface area contributed by atoms with Crippen LogP contribution in [0.15, 0.2) is 30.5 Å². The standard InChI is InChI=1S/C12H15N3O2/c1-15-8-11(12(14-15)17-2)13-7-9-4-3-5-10(16)6-9/h3-6,8,13,16H,7H2,1-2H3. The van der Waals surface area contributed by atoms with Crippen molar-refractivity contribution in [2.45, 2.75) is 6.54 Å². The average Bonchev–Trinajstić information content (AvgIpc) is 2.67. The lowest BCUT2D eigenvalue weighted by atomic mass is 10.2. The zero-order valence-electron chi connectivity index (χ0n) is 9.84. The molecule has 0 fully saturated rings. The number of hydrogen-bond acceptors (Lipinski definition) is 4. The molecule has 0 aliphatic carbocycles. The Hall–Kier alpha value is -2.17. The molecule has 2 rings (SSSR count). The molecular weight excluding hydrogens is 218 g/mol. The van der Waals surface area contributed by atoms with Crippen LogP contribution in [-0.4, -0.2) is 22.0 Å². The summed E-state index contributed by atoms with van der Waals surface area (Å²) >= 11 is 0. The zero-order valence-corrected chi connectivity index (χ0v) is 9.84. The smallest absolute Gasteiger partial charge is 0.256 e.